The first kappa shape index (κ1) is 23.3. The lowest BCUT2D eigenvalue weighted by Gasteiger charge is -2.39. The second kappa shape index (κ2) is 10.8. The second-order valence-corrected chi connectivity index (χ2v) is 8.02. The molecule has 1 aliphatic heterocycles. The van der Waals surface area contributed by atoms with E-state index < -0.39 is 4.92 Å². The third kappa shape index (κ3) is 5.35. The van der Waals surface area contributed by atoms with E-state index in [1.54, 1.807) is 4.90 Å². The topological polar surface area (TPSA) is 85.2 Å². The van der Waals surface area contributed by atoms with Crippen LogP contribution in [0.2, 0.25) is 0 Å². The van der Waals surface area contributed by atoms with Crippen LogP contribution in [0.15, 0.2) is 78.9 Å². The molecule has 8 heteroatoms. The van der Waals surface area contributed by atoms with Crippen molar-refractivity contribution in [1.82, 2.24) is 9.80 Å². The van der Waals surface area contributed by atoms with E-state index in [1.165, 1.54) is 36.4 Å². The number of nitro groups is 1. The number of rotatable bonds is 8. The highest BCUT2D eigenvalue weighted by atomic mass is 16.6. The molecule has 0 unspecified atom stereocenters. The van der Waals surface area contributed by atoms with Gasteiger partial charge in [0.2, 0.25) is 0 Å². The average molecular weight is 462 g/mol. The molecule has 1 heterocycles. The number of piperazine rings is 1. The number of ether oxygens (including phenoxy) is 2. The summed E-state index contributed by atoms with van der Waals surface area (Å²) in [5.74, 6) is 0.359. The Hall–Kier alpha value is -3.91. The quantitative estimate of drug-likeness (QED) is 0.373. The standard InChI is InChI=1S/C26H27N3O5/c1-33-23-13-12-22(29(31)32)18-24(23)34-19-25(30)27-14-16-28(17-15-27)26(20-8-4-2-5-9-20)21-10-6-3-7-11-21/h2-13,18,26H,14-17,19H2,1H3. The summed E-state index contributed by atoms with van der Waals surface area (Å²) in [7, 11) is 1.45. The number of carbonyl (C=O) groups excluding carboxylic acids is 1. The maximum atomic E-state index is 12.8. The monoisotopic (exact) mass is 461 g/mol. The molecule has 176 valence electrons. The summed E-state index contributed by atoms with van der Waals surface area (Å²) in [5.41, 5.74) is 2.31. The fourth-order valence-corrected chi connectivity index (χ4v) is 4.24. The number of nitrogens with zero attached hydrogens (tertiary/aromatic N) is 3. The van der Waals surface area contributed by atoms with Gasteiger partial charge in [0.25, 0.3) is 11.6 Å². The molecule has 1 aliphatic rings. The Morgan fingerprint density at radius 3 is 2.03 bits per heavy atom. The van der Waals surface area contributed by atoms with Crippen LogP contribution in [-0.4, -0.2) is 60.5 Å². The van der Waals surface area contributed by atoms with Gasteiger partial charge in [0.1, 0.15) is 0 Å². The Labute approximate surface area is 198 Å². The van der Waals surface area contributed by atoms with Crippen molar-refractivity contribution in [1.29, 1.82) is 0 Å². The molecule has 1 fully saturated rings. The SMILES string of the molecule is COc1ccc([N+](=O)[O-])cc1OCC(=O)N1CCN(C(c2ccccc2)c2ccccc2)CC1. The van der Waals surface area contributed by atoms with Crippen LogP contribution in [0.4, 0.5) is 5.69 Å². The molecule has 1 amide bonds. The van der Waals surface area contributed by atoms with Crippen LogP contribution in [0.1, 0.15) is 17.2 Å². The highest BCUT2D eigenvalue weighted by Gasteiger charge is 2.28. The van der Waals surface area contributed by atoms with Crippen molar-refractivity contribution in [3.63, 3.8) is 0 Å². The maximum Gasteiger partial charge on any atom is 0.273 e. The van der Waals surface area contributed by atoms with Crippen LogP contribution >= 0.6 is 0 Å². The molecule has 4 rings (SSSR count). The Morgan fingerprint density at radius 2 is 1.50 bits per heavy atom. The first-order chi connectivity index (χ1) is 16.6. The van der Waals surface area contributed by atoms with E-state index in [-0.39, 0.29) is 30.0 Å². The minimum Gasteiger partial charge on any atom is -0.493 e. The minimum absolute atomic E-state index is 0.116. The molecule has 0 bridgehead atoms. The highest BCUT2D eigenvalue weighted by Crippen LogP contribution is 2.32. The molecule has 8 nitrogen and oxygen atoms in total. The third-order valence-corrected chi connectivity index (χ3v) is 5.97. The molecule has 0 radical (unpaired) electrons. The zero-order valence-electron chi connectivity index (χ0n) is 19.0. The number of benzene rings is 3. The molecule has 0 N–H and O–H groups in total. The van der Waals surface area contributed by atoms with Gasteiger partial charge in [0.15, 0.2) is 18.1 Å². The van der Waals surface area contributed by atoms with Crippen LogP contribution in [0.25, 0.3) is 0 Å². The summed E-state index contributed by atoms with van der Waals surface area (Å²) in [6, 6.07) is 24.9. The van der Waals surface area contributed by atoms with Crippen molar-refractivity contribution in [2.75, 3.05) is 39.9 Å². The van der Waals surface area contributed by atoms with E-state index in [1.807, 2.05) is 36.4 Å². The molecule has 0 aliphatic carbocycles. The molecular weight excluding hydrogens is 434 g/mol. The number of methoxy groups -OCH3 is 1. The lowest BCUT2D eigenvalue weighted by atomic mass is 9.96. The number of amides is 1. The first-order valence-electron chi connectivity index (χ1n) is 11.1. The van der Waals surface area contributed by atoms with Gasteiger partial charge in [-0.15, -0.1) is 0 Å². The van der Waals surface area contributed by atoms with Gasteiger partial charge < -0.3 is 14.4 Å². The summed E-state index contributed by atoms with van der Waals surface area (Å²) in [6.07, 6.45) is 0. The van der Waals surface area contributed by atoms with E-state index in [0.29, 0.717) is 18.8 Å². The van der Waals surface area contributed by atoms with Gasteiger partial charge in [0, 0.05) is 32.2 Å². The van der Waals surface area contributed by atoms with Crippen molar-refractivity contribution in [3.8, 4) is 11.5 Å². The minimum atomic E-state index is -0.511. The fourth-order valence-electron chi connectivity index (χ4n) is 4.24. The summed E-state index contributed by atoms with van der Waals surface area (Å²) in [4.78, 5) is 27.5. The highest BCUT2D eigenvalue weighted by molar-refractivity contribution is 5.78. The Bertz CT molecular complexity index is 1080. The van der Waals surface area contributed by atoms with Crippen LogP contribution in [-0.2, 0) is 4.79 Å². The molecule has 0 aromatic heterocycles. The maximum absolute atomic E-state index is 12.8. The normalized spacial score (nSPS) is 14.1. The number of non-ortho nitro benzene ring substituents is 1. The molecule has 0 atom stereocenters. The predicted octanol–water partition coefficient (Wildman–Crippen LogP) is 3.92. The zero-order valence-corrected chi connectivity index (χ0v) is 19.0. The van der Waals surface area contributed by atoms with Gasteiger partial charge in [-0.25, -0.2) is 0 Å². The van der Waals surface area contributed by atoms with Crippen LogP contribution < -0.4 is 9.47 Å². The zero-order chi connectivity index (χ0) is 23.9. The molecule has 1 saturated heterocycles. The van der Waals surface area contributed by atoms with Gasteiger partial charge in [-0.3, -0.25) is 19.8 Å². The van der Waals surface area contributed by atoms with E-state index in [2.05, 4.69) is 29.2 Å². The Balaban J connectivity index is 1.40. The summed E-state index contributed by atoms with van der Waals surface area (Å²) < 4.78 is 10.8. The largest absolute Gasteiger partial charge is 0.493 e. The lowest BCUT2D eigenvalue weighted by molar-refractivity contribution is -0.385. The lowest BCUT2D eigenvalue weighted by Crippen LogP contribution is -2.51. The van der Waals surface area contributed by atoms with Crippen LogP contribution in [0.3, 0.4) is 0 Å². The van der Waals surface area contributed by atoms with Gasteiger partial charge in [-0.05, 0) is 17.2 Å². The number of hydrogen-bond donors (Lipinski definition) is 0. The van der Waals surface area contributed by atoms with Crippen molar-refractivity contribution in [2.24, 2.45) is 0 Å². The van der Waals surface area contributed by atoms with Crippen LogP contribution in [0.5, 0.6) is 11.5 Å². The van der Waals surface area contributed by atoms with Crippen molar-refractivity contribution < 1.29 is 19.2 Å². The number of hydrogen-bond acceptors (Lipinski definition) is 6. The molecular formula is C26H27N3O5. The van der Waals surface area contributed by atoms with Gasteiger partial charge in [-0.2, -0.15) is 0 Å². The first-order valence-corrected chi connectivity index (χ1v) is 11.1. The van der Waals surface area contributed by atoms with Gasteiger partial charge >= 0.3 is 0 Å². The average Bonchev–Trinajstić information content (AvgIpc) is 2.89. The molecule has 0 spiro atoms. The third-order valence-electron chi connectivity index (χ3n) is 5.97. The Kier molecular flexibility index (Phi) is 7.39. The Morgan fingerprint density at radius 1 is 0.912 bits per heavy atom. The van der Waals surface area contributed by atoms with Gasteiger partial charge in [0.05, 0.1) is 24.1 Å². The molecule has 3 aromatic rings. The molecule has 3 aromatic carbocycles. The van der Waals surface area contributed by atoms with Crippen molar-refractivity contribution in [3.05, 3.63) is 100 Å². The van der Waals surface area contributed by atoms with Crippen molar-refractivity contribution >= 4 is 11.6 Å². The molecule has 34 heavy (non-hydrogen) atoms. The van der Waals surface area contributed by atoms with E-state index in [9.17, 15) is 14.9 Å². The predicted molar refractivity (Wildman–Crippen MR) is 128 cm³/mol. The fraction of sp³-hybridized carbons (Fsp3) is 0.269. The molecule has 0 saturated carbocycles. The van der Waals surface area contributed by atoms with Gasteiger partial charge in [-0.1, -0.05) is 60.7 Å². The summed E-state index contributed by atoms with van der Waals surface area (Å²) in [6.45, 7) is 2.38. The van der Waals surface area contributed by atoms with E-state index in [0.717, 1.165) is 13.1 Å². The number of nitro benzene ring substituents is 1. The summed E-state index contributed by atoms with van der Waals surface area (Å²) >= 11 is 0. The van der Waals surface area contributed by atoms with E-state index in [4.69, 9.17) is 9.47 Å². The van der Waals surface area contributed by atoms with Crippen LogP contribution in [0, 0.1) is 10.1 Å². The number of carbonyl (C=O) groups is 1. The summed E-state index contributed by atoms with van der Waals surface area (Å²) in [5, 5.41) is 11.1. The van der Waals surface area contributed by atoms with E-state index >= 15 is 0 Å². The van der Waals surface area contributed by atoms with Crippen molar-refractivity contribution in [2.45, 2.75) is 6.04 Å². The second-order valence-electron chi connectivity index (χ2n) is 8.02. The smallest absolute Gasteiger partial charge is 0.273 e.